The third-order valence-corrected chi connectivity index (χ3v) is 7.60. The summed E-state index contributed by atoms with van der Waals surface area (Å²) < 4.78 is 8.06. The van der Waals surface area contributed by atoms with Crippen molar-refractivity contribution in [1.29, 1.82) is 0 Å². The van der Waals surface area contributed by atoms with Crippen molar-refractivity contribution in [2.75, 3.05) is 31.1 Å². The fourth-order valence-electron chi connectivity index (χ4n) is 5.35. The lowest BCUT2D eigenvalue weighted by Crippen LogP contribution is -2.51. The Hall–Kier alpha value is -2.83. The van der Waals surface area contributed by atoms with E-state index in [1.807, 2.05) is 71.1 Å². The van der Waals surface area contributed by atoms with Gasteiger partial charge in [-0.15, -0.1) is 0 Å². The Balaban J connectivity index is 1.24. The molecule has 7 heteroatoms. The van der Waals surface area contributed by atoms with Crippen LogP contribution in [0.3, 0.4) is 0 Å². The molecule has 0 unspecified atom stereocenters. The van der Waals surface area contributed by atoms with Gasteiger partial charge in [-0.1, -0.05) is 61.2 Å². The molecule has 0 N–H and O–H groups in total. The second-order valence-electron chi connectivity index (χ2n) is 10.1. The van der Waals surface area contributed by atoms with E-state index < -0.39 is 0 Å². The number of aryl methyl sites for hydroxylation is 1. The first-order valence-electron chi connectivity index (χ1n) is 13.1. The maximum Gasteiger partial charge on any atom is 0.242 e. The third-order valence-electron chi connectivity index (χ3n) is 7.37. The number of ether oxygens (including phenoxy) is 1. The van der Waals surface area contributed by atoms with Gasteiger partial charge in [-0.05, 0) is 49.4 Å². The summed E-state index contributed by atoms with van der Waals surface area (Å²) in [5, 5.41) is 5.47. The van der Waals surface area contributed by atoms with Gasteiger partial charge in [-0.3, -0.25) is 19.3 Å². The largest absolute Gasteiger partial charge is 0.489 e. The number of rotatable bonds is 8. The van der Waals surface area contributed by atoms with Gasteiger partial charge >= 0.3 is 0 Å². The highest BCUT2D eigenvalue weighted by molar-refractivity contribution is 6.30. The summed E-state index contributed by atoms with van der Waals surface area (Å²) >= 11 is 6.33. The monoisotopic (exact) mass is 506 g/mol. The minimum atomic E-state index is 0.136. The molecule has 0 bridgehead atoms. The molecule has 1 aromatic heterocycles. The smallest absolute Gasteiger partial charge is 0.242 e. The first-order chi connectivity index (χ1) is 17.5. The van der Waals surface area contributed by atoms with Gasteiger partial charge in [-0.2, -0.15) is 5.10 Å². The number of benzene rings is 2. The first-order valence-corrected chi connectivity index (χ1v) is 13.5. The van der Waals surface area contributed by atoms with E-state index in [0.717, 1.165) is 47.4 Å². The van der Waals surface area contributed by atoms with E-state index in [4.69, 9.17) is 21.4 Å². The minimum Gasteiger partial charge on any atom is -0.489 e. The molecule has 2 heterocycles. The van der Waals surface area contributed by atoms with Gasteiger partial charge in [0.15, 0.2) is 5.82 Å². The molecule has 6 nitrogen and oxygen atoms in total. The molecular weight excluding hydrogens is 472 g/mol. The van der Waals surface area contributed by atoms with Crippen LogP contribution in [0.15, 0.2) is 54.6 Å². The average Bonchev–Trinajstić information content (AvgIpc) is 3.24. The standard InChI is InChI=1S/C29H35ClN4O2/c1-22-16-28(33-15-14-32(20-29(33)35)18-23-8-4-2-5-9-23)31-34(22)19-25-17-26(30)12-13-27(25)36-21-24-10-6-3-7-11-24/h3,6-7,10-13,16-17,23H,2,4-5,8-9,14-15,18-21H2,1H3. The van der Waals surface area contributed by atoms with E-state index in [2.05, 4.69) is 4.90 Å². The molecule has 3 aromatic rings. The topological polar surface area (TPSA) is 50.6 Å². The normalized spacial score (nSPS) is 17.5. The highest BCUT2D eigenvalue weighted by atomic mass is 35.5. The van der Waals surface area contributed by atoms with Crippen molar-refractivity contribution >= 4 is 23.3 Å². The van der Waals surface area contributed by atoms with Crippen molar-refractivity contribution in [3.63, 3.8) is 0 Å². The highest BCUT2D eigenvalue weighted by Crippen LogP contribution is 2.28. The minimum absolute atomic E-state index is 0.136. The summed E-state index contributed by atoms with van der Waals surface area (Å²) in [7, 11) is 0. The SMILES string of the molecule is Cc1cc(N2CCN(CC3CCCCC3)CC2=O)nn1Cc1cc(Cl)ccc1OCc1ccccc1. The summed E-state index contributed by atoms with van der Waals surface area (Å²) in [6.07, 6.45) is 6.64. The Labute approximate surface area is 218 Å². The lowest BCUT2D eigenvalue weighted by Gasteiger charge is -2.35. The summed E-state index contributed by atoms with van der Waals surface area (Å²) in [6.45, 7) is 6.15. The number of carbonyl (C=O) groups excluding carboxylic acids is 1. The second kappa shape index (κ2) is 11.5. The number of hydrogen-bond acceptors (Lipinski definition) is 4. The molecule has 0 spiro atoms. The molecule has 1 aliphatic heterocycles. The number of carbonyl (C=O) groups is 1. The van der Waals surface area contributed by atoms with Crippen molar-refractivity contribution in [2.45, 2.75) is 52.2 Å². The molecule has 2 fully saturated rings. The van der Waals surface area contributed by atoms with E-state index in [-0.39, 0.29) is 5.91 Å². The molecule has 1 saturated carbocycles. The lowest BCUT2D eigenvalue weighted by molar-refractivity contribution is -0.121. The molecule has 1 amide bonds. The Morgan fingerprint density at radius 2 is 1.83 bits per heavy atom. The molecule has 0 atom stereocenters. The van der Waals surface area contributed by atoms with Gasteiger partial charge in [0.2, 0.25) is 5.91 Å². The van der Waals surface area contributed by atoms with Crippen molar-refractivity contribution < 1.29 is 9.53 Å². The van der Waals surface area contributed by atoms with Gasteiger partial charge in [0.1, 0.15) is 12.4 Å². The van der Waals surface area contributed by atoms with Crippen LogP contribution in [-0.4, -0.2) is 46.8 Å². The molecule has 5 rings (SSSR count). The molecular formula is C29H35ClN4O2. The van der Waals surface area contributed by atoms with Gasteiger partial charge in [0.25, 0.3) is 0 Å². The van der Waals surface area contributed by atoms with Crippen LogP contribution in [0, 0.1) is 12.8 Å². The number of nitrogens with zero attached hydrogens (tertiary/aromatic N) is 4. The summed E-state index contributed by atoms with van der Waals surface area (Å²) in [5.41, 5.74) is 3.06. The number of piperazine rings is 1. The predicted octanol–water partition coefficient (Wildman–Crippen LogP) is 5.70. The molecule has 36 heavy (non-hydrogen) atoms. The van der Waals surface area contributed by atoms with Crippen LogP contribution in [0.25, 0.3) is 0 Å². The Kier molecular flexibility index (Phi) is 7.93. The third kappa shape index (κ3) is 6.11. The van der Waals surface area contributed by atoms with Crippen LogP contribution in [0.5, 0.6) is 5.75 Å². The van der Waals surface area contributed by atoms with Crippen LogP contribution in [0.2, 0.25) is 5.02 Å². The van der Waals surface area contributed by atoms with E-state index in [1.165, 1.54) is 32.1 Å². The van der Waals surface area contributed by atoms with Crippen LogP contribution in [-0.2, 0) is 17.9 Å². The van der Waals surface area contributed by atoms with Gasteiger partial charge < -0.3 is 4.74 Å². The zero-order valence-corrected chi connectivity index (χ0v) is 21.8. The number of halogens is 1. The van der Waals surface area contributed by atoms with Crippen LogP contribution >= 0.6 is 11.6 Å². The Morgan fingerprint density at radius 3 is 2.61 bits per heavy atom. The zero-order valence-electron chi connectivity index (χ0n) is 21.0. The Bertz CT molecular complexity index is 1170. The predicted molar refractivity (Wildman–Crippen MR) is 144 cm³/mol. The molecule has 2 aliphatic rings. The van der Waals surface area contributed by atoms with Crippen LogP contribution in [0.4, 0.5) is 5.82 Å². The second-order valence-corrected chi connectivity index (χ2v) is 10.5. The van der Waals surface area contributed by atoms with Crippen LogP contribution in [0.1, 0.15) is 48.9 Å². The summed E-state index contributed by atoms with van der Waals surface area (Å²) in [6, 6.07) is 17.8. The highest BCUT2D eigenvalue weighted by Gasteiger charge is 2.29. The van der Waals surface area contributed by atoms with Gasteiger partial charge in [-0.25, -0.2) is 0 Å². The maximum absolute atomic E-state index is 13.0. The van der Waals surface area contributed by atoms with Crippen molar-refractivity contribution in [3.8, 4) is 5.75 Å². The number of aromatic nitrogens is 2. The van der Waals surface area contributed by atoms with Crippen LogP contribution < -0.4 is 9.64 Å². The molecule has 0 radical (unpaired) electrons. The molecule has 1 saturated heterocycles. The fourth-order valence-corrected chi connectivity index (χ4v) is 5.54. The van der Waals surface area contributed by atoms with E-state index in [9.17, 15) is 4.79 Å². The van der Waals surface area contributed by atoms with Gasteiger partial charge in [0.05, 0.1) is 13.1 Å². The zero-order chi connectivity index (χ0) is 24.9. The average molecular weight is 507 g/mol. The van der Waals surface area contributed by atoms with Crippen molar-refractivity contribution in [1.82, 2.24) is 14.7 Å². The van der Waals surface area contributed by atoms with E-state index in [0.29, 0.717) is 31.3 Å². The number of anilines is 1. The lowest BCUT2D eigenvalue weighted by atomic mass is 9.89. The molecule has 2 aromatic carbocycles. The summed E-state index contributed by atoms with van der Waals surface area (Å²) in [5.74, 6) is 2.39. The Morgan fingerprint density at radius 1 is 1.03 bits per heavy atom. The maximum atomic E-state index is 13.0. The number of amides is 1. The van der Waals surface area contributed by atoms with E-state index >= 15 is 0 Å². The van der Waals surface area contributed by atoms with Crippen molar-refractivity contribution in [2.24, 2.45) is 5.92 Å². The van der Waals surface area contributed by atoms with E-state index in [1.54, 1.807) is 0 Å². The first kappa shape index (κ1) is 24.8. The number of hydrogen-bond donors (Lipinski definition) is 0. The summed E-state index contributed by atoms with van der Waals surface area (Å²) in [4.78, 5) is 17.2. The quantitative estimate of drug-likeness (QED) is 0.393. The molecule has 1 aliphatic carbocycles. The van der Waals surface area contributed by atoms with Crippen molar-refractivity contribution in [3.05, 3.63) is 76.4 Å². The fraction of sp³-hybridized carbons (Fsp3) is 0.448. The molecule has 190 valence electrons. The van der Waals surface area contributed by atoms with Gasteiger partial charge in [0, 0.05) is 42.0 Å².